The molecule has 0 unspecified atom stereocenters. The van der Waals surface area contributed by atoms with Crippen LogP contribution in [0.25, 0.3) is 5.69 Å². The molecule has 1 aromatic carbocycles. The number of carbonyl (C=O) groups is 1. The SMILES string of the molecule is Cc1ccn(-c2ccc(Br)cc2C(=O)O)n1. The van der Waals surface area contributed by atoms with Crippen LogP contribution in [0.5, 0.6) is 0 Å². The van der Waals surface area contributed by atoms with Gasteiger partial charge >= 0.3 is 5.97 Å². The molecule has 2 rings (SSSR count). The monoisotopic (exact) mass is 280 g/mol. The van der Waals surface area contributed by atoms with E-state index in [1.54, 1.807) is 29.1 Å². The lowest BCUT2D eigenvalue weighted by Crippen LogP contribution is -2.06. The van der Waals surface area contributed by atoms with Crippen LogP contribution in [-0.4, -0.2) is 20.9 Å². The van der Waals surface area contributed by atoms with Gasteiger partial charge in [0.2, 0.25) is 0 Å². The number of aromatic nitrogens is 2. The van der Waals surface area contributed by atoms with Gasteiger partial charge in [-0.15, -0.1) is 0 Å². The van der Waals surface area contributed by atoms with Crippen molar-refractivity contribution < 1.29 is 9.90 Å². The molecule has 0 atom stereocenters. The van der Waals surface area contributed by atoms with E-state index in [1.807, 2.05) is 13.0 Å². The highest BCUT2D eigenvalue weighted by Crippen LogP contribution is 2.20. The Labute approximate surface area is 101 Å². The number of aromatic carboxylic acids is 1. The summed E-state index contributed by atoms with van der Waals surface area (Å²) in [6.45, 7) is 1.86. The summed E-state index contributed by atoms with van der Waals surface area (Å²) in [7, 11) is 0. The van der Waals surface area contributed by atoms with Crippen molar-refractivity contribution in [3.63, 3.8) is 0 Å². The molecule has 1 heterocycles. The molecule has 5 heteroatoms. The molecule has 2 aromatic rings. The quantitative estimate of drug-likeness (QED) is 0.920. The fourth-order valence-corrected chi connectivity index (χ4v) is 1.79. The molecule has 4 nitrogen and oxygen atoms in total. The second-order valence-electron chi connectivity index (χ2n) is 3.37. The molecule has 0 saturated carbocycles. The standard InChI is InChI=1S/C11H9BrN2O2/c1-7-4-5-14(13-7)10-3-2-8(12)6-9(10)11(15)16/h2-6H,1H3,(H,15,16). The Morgan fingerprint density at radius 3 is 2.75 bits per heavy atom. The Bertz CT molecular complexity index is 549. The van der Waals surface area contributed by atoms with E-state index in [2.05, 4.69) is 21.0 Å². The van der Waals surface area contributed by atoms with E-state index in [0.29, 0.717) is 5.69 Å². The molecular formula is C11H9BrN2O2. The average Bonchev–Trinajstić information content (AvgIpc) is 2.64. The second kappa shape index (κ2) is 4.09. The maximum Gasteiger partial charge on any atom is 0.337 e. The van der Waals surface area contributed by atoms with Gasteiger partial charge in [0.1, 0.15) is 0 Å². The first-order valence-electron chi connectivity index (χ1n) is 4.63. The zero-order valence-corrected chi connectivity index (χ0v) is 10.1. The summed E-state index contributed by atoms with van der Waals surface area (Å²) in [4.78, 5) is 11.1. The number of halogens is 1. The number of benzene rings is 1. The first-order valence-corrected chi connectivity index (χ1v) is 5.43. The number of rotatable bonds is 2. The molecule has 0 bridgehead atoms. The van der Waals surface area contributed by atoms with Gasteiger partial charge in [0.05, 0.1) is 16.9 Å². The lowest BCUT2D eigenvalue weighted by molar-refractivity contribution is 0.0696. The number of hydrogen-bond donors (Lipinski definition) is 1. The first-order chi connectivity index (χ1) is 7.58. The highest BCUT2D eigenvalue weighted by Gasteiger charge is 2.12. The Morgan fingerprint density at radius 2 is 2.19 bits per heavy atom. The molecule has 0 aliphatic heterocycles. The Hall–Kier alpha value is -1.62. The van der Waals surface area contributed by atoms with Crippen LogP contribution >= 0.6 is 15.9 Å². The van der Waals surface area contributed by atoms with Gasteiger partial charge in [0.15, 0.2) is 0 Å². The number of aryl methyl sites for hydroxylation is 1. The zero-order valence-electron chi connectivity index (χ0n) is 8.51. The summed E-state index contributed by atoms with van der Waals surface area (Å²) in [5.41, 5.74) is 1.63. The van der Waals surface area contributed by atoms with Crippen molar-refractivity contribution >= 4 is 21.9 Å². The van der Waals surface area contributed by atoms with Crippen molar-refractivity contribution in [1.29, 1.82) is 0 Å². The van der Waals surface area contributed by atoms with E-state index in [4.69, 9.17) is 5.11 Å². The highest BCUT2D eigenvalue weighted by molar-refractivity contribution is 9.10. The van der Waals surface area contributed by atoms with Crippen molar-refractivity contribution in [3.05, 3.63) is 46.2 Å². The third-order valence-electron chi connectivity index (χ3n) is 2.16. The van der Waals surface area contributed by atoms with Crippen molar-refractivity contribution in [2.24, 2.45) is 0 Å². The van der Waals surface area contributed by atoms with E-state index in [-0.39, 0.29) is 5.56 Å². The molecule has 0 aliphatic rings. The predicted octanol–water partition coefficient (Wildman–Crippen LogP) is 2.64. The van der Waals surface area contributed by atoms with Crippen LogP contribution in [0.4, 0.5) is 0 Å². The summed E-state index contributed by atoms with van der Waals surface area (Å²) < 4.78 is 2.29. The van der Waals surface area contributed by atoms with Crippen LogP contribution in [-0.2, 0) is 0 Å². The average molecular weight is 281 g/mol. The summed E-state index contributed by atoms with van der Waals surface area (Å²) in [5, 5.41) is 13.3. The van der Waals surface area contributed by atoms with E-state index >= 15 is 0 Å². The van der Waals surface area contributed by atoms with Gasteiger partial charge in [-0.25, -0.2) is 9.48 Å². The molecule has 0 amide bonds. The number of nitrogens with zero attached hydrogens (tertiary/aromatic N) is 2. The smallest absolute Gasteiger partial charge is 0.337 e. The first kappa shape index (κ1) is 10.9. The largest absolute Gasteiger partial charge is 0.478 e. The van der Waals surface area contributed by atoms with Gasteiger partial charge in [-0.3, -0.25) is 0 Å². The molecule has 82 valence electrons. The van der Waals surface area contributed by atoms with Crippen LogP contribution in [0.2, 0.25) is 0 Å². The molecule has 0 radical (unpaired) electrons. The molecule has 16 heavy (non-hydrogen) atoms. The van der Waals surface area contributed by atoms with E-state index in [1.165, 1.54) is 0 Å². The van der Waals surface area contributed by atoms with Crippen molar-refractivity contribution in [2.45, 2.75) is 6.92 Å². The molecule has 1 aromatic heterocycles. The van der Waals surface area contributed by atoms with E-state index in [9.17, 15) is 4.79 Å². The Morgan fingerprint density at radius 1 is 1.44 bits per heavy atom. The van der Waals surface area contributed by atoms with Crippen LogP contribution in [0.3, 0.4) is 0 Å². The molecule has 0 spiro atoms. The molecule has 0 saturated heterocycles. The molecule has 0 aliphatic carbocycles. The third kappa shape index (κ3) is 1.99. The van der Waals surface area contributed by atoms with Crippen LogP contribution < -0.4 is 0 Å². The number of carboxylic acids is 1. The van der Waals surface area contributed by atoms with Crippen molar-refractivity contribution in [3.8, 4) is 5.69 Å². The maximum absolute atomic E-state index is 11.1. The van der Waals surface area contributed by atoms with Gasteiger partial charge < -0.3 is 5.11 Å². The fraction of sp³-hybridized carbons (Fsp3) is 0.0909. The highest BCUT2D eigenvalue weighted by atomic mass is 79.9. The Balaban J connectivity index is 2.60. The van der Waals surface area contributed by atoms with Crippen LogP contribution in [0.15, 0.2) is 34.9 Å². The van der Waals surface area contributed by atoms with Crippen LogP contribution in [0.1, 0.15) is 16.1 Å². The van der Waals surface area contributed by atoms with Gasteiger partial charge in [0.25, 0.3) is 0 Å². The topological polar surface area (TPSA) is 55.1 Å². The minimum absolute atomic E-state index is 0.220. The maximum atomic E-state index is 11.1. The number of hydrogen-bond acceptors (Lipinski definition) is 2. The second-order valence-corrected chi connectivity index (χ2v) is 4.28. The fourth-order valence-electron chi connectivity index (χ4n) is 1.43. The van der Waals surface area contributed by atoms with Gasteiger partial charge in [-0.05, 0) is 31.2 Å². The zero-order chi connectivity index (χ0) is 11.7. The summed E-state index contributed by atoms with van der Waals surface area (Å²) in [6.07, 6.45) is 1.74. The van der Waals surface area contributed by atoms with Crippen molar-refractivity contribution in [2.75, 3.05) is 0 Å². The van der Waals surface area contributed by atoms with Gasteiger partial charge in [-0.2, -0.15) is 5.10 Å². The third-order valence-corrected chi connectivity index (χ3v) is 2.65. The predicted molar refractivity (Wildman–Crippen MR) is 63.0 cm³/mol. The number of carboxylic acid groups (broad SMARTS) is 1. The molecule has 0 fully saturated rings. The minimum Gasteiger partial charge on any atom is -0.478 e. The summed E-state index contributed by atoms with van der Waals surface area (Å²) in [5.74, 6) is -0.968. The minimum atomic E-state index is -0.968. The van der Waals surface area contributed by atoms with Gasteiger partial charge in [0, 0.05) is 10.7 Å². The van der Waals surface area contributed by atoms with Gasteiger partial charge in [-0.1, -0.05) is 15.9 Å². The lowest BCUT2D eigenvalue weighted by atomic mass is 10.2. The lowest BCUT2D eigenvalue weighted by Gasteiger charge is -2.06. The van der Waals surface area contributed by atoms with Crippen molar-refractivity contribution in [1.82, 2.24) is 9.78 Å². The Kier molecular flexibility index (Phi) is 2.78. The summed E-state index contributed by atoms with van der Waals surface area (Å²) >= 11 is 3.25. The molecular weight excluding hydrogens is 272 g/mol. The molecule has 1 N–H and O–H groups in total. The van der Waals surface area contributed by atoms with Crippen LogP contribution in [0, 0.1) is 6.92 Å². The normalized spacial score (nSPS) is 10.4. The summed E-state index contributed by atoms with van der Waals surface area (Å²) in [6, 6.07) is 6.90. The van der Waals surface area contributed by atoms with E-state index < -0.39 is 5.97 Å². The van der Waals surface area contributed by atoms with E-state index in [0.717, 1.165) is 10.2 Å².